The van der Waals surface area contributed by atoms with Crippen LogP contribution in [0.3, 0.4) is 0 Å². The van der Waals surface area contributed by atoms with Gasteiger partial charge in [-0.25, -0.2) is 15.0 Å². The Balaban J connectivity index is 1.27. The Labute approximate surface area is 254 Å². The molecule has 0 aliphatic heterocycles. The zero-order valence-electron chi connectivity index (χ0n) is 22.6. The molecular weight excluding hydrogens is 570 g/mol. The van der Waals surface area contributed by atoms with E-state index < -0.39 is 0 Å². The fourth-order valence-corrected chi connectivity index (χ4v) is 7.29. The molecule has 4 nitrogen and oxygen atoms in total. The summed E-state index contributed by atoms with van der Waals surface area (Å²) in [5, 5.41) is 7.30. The Bertz CT molecular complexity index is 2530. The third-order valence-corrected chi connectivity index (χ3v) is 9.43. The van der Waals surface area contributed by atoms with Crippen molar-refractivity contribution in [2.75, 3.05) is 0 Å². The van der Waals surface area contributed by atoms with Crippen LogP contribution in [0.1, 0.15) is 0 Å². The van der Waals surface area contributed by atoms with E-state index in [0.29, 0.717) is 28.1 Å². The summed E-state index contributed by atoms with van der Waals surface area (Å²) in [7, 11) is 0. The first-order chi connectivity index (χ1) is 21.2. The van der Waals surface area contributed by atoms with Gasteiger partial charge >= 0.3 is 0 Å². The Morgan fingerprint density at radius 3 is 2.05 bits per heavy atom. The topological polar surface area (TPSA) is 51.8 Å². The molecule has 9 aromatic rings. The molecule has 0 saturated heterocycles. The number of furan rings is 1. The lowest BCUT2D eigenvalue weighted by atomic mass is 10.0. The van der Waals surface area contributed by atoms with Crippen LogP contribution in [0.25, 0.3) is 87.0 Å². The highest BCUT2D eigenvalue weighted by atomic mass is 35.5. The standard InChI is InChI=1S/C37H20ClN3OS/c38-29-11-6-10-27-33-28-19-23(14-13-21(28)16-18-30(33)42-34(27)29)36-39-35(22-7-2-1-3-8-22)40-37(41-36)24-15-17-26-25-9-4-5-12-31(25)43-32(26)20-24/h1-20H. The van der Waals surface area contributed by atoms with Crippen LogP contribution in [0.2, 0.25) is 5.02 Å². The number of rotatable bonds is 3. The van der Waals surface area contributed by atoms with Crippen LogP contribution in [-0.4, -0.2) is 15.0 Å². The quantitative estimate of drug-likeness (QED) is 0.206. The minimum absolute atomic E-state index is 0.600. The predicted molar refractivity (Wildman–Crippen MR) is 179 cm³/mol. The number of nitrogens with zero attached hydrogens (tertiary/aromatic N) is 3. The molecule has 3 aromatic heterocycles. The Morgan fingerprint density at radius 1 is 0.512 bits per heavy atom. The zero-order valence-corrected chi connectivity index (χ0v) is 24.2. The smallest absolute Gasteiger partial charge is 0.164 e. The van der Waals surface area contributed by atoms with Crippen LogP contribution in [0, 0.1) is 0 Å². The maximum Gasteiger partial charge on any atom is 0.164 e. The predicted octanol–water partition coefficient (Wildman–Crippen LogP) is 10.9. The fourth-order valence-electron chi connectivity index (χ4n) is 5.94. The summed E-state index contributed by atoms with van der Waals surface area (Å²) >= 11 is 8.28. The first-order valence-corrected chi connectivity index (χ1v) is 15.2. The molecule has 0 radical (unpaired) electrons. The number of fused-ring (bicyclic) bond motifs is 8. The molecule has 0 spiro atoms. The van der Waals surface area contributed by atoms with Crippen molar-refractivity contribution in [2.45, 2.75) is 0 Å². The first-order valence-electron chi connectivity index (χ1n) is 14.0. The second-order valence-electron chi connectivity index (χ2n) is 10.6. The summed E-state index contributed by atoms with van der Waals surface area (Å²) in [5.41, 5.74) is 4.29. The average molecular weight is 590 g/mol. The molecule has 3 heterocycles. The molecule has 0 aliphatic carbocycles. The highest BCUT2D eigenvalue weighted by Crippen LogP contribution is 2.39. The molecule has 0 atom stereocenters. The van der Waals surface area contributed by atoms with Gasteiger partial charge in [0.15, 0.2) is 23.1 Å². The maximum atomic E-state index is 6.50. The van der Waals surface area contributed by atoms with Crippen molar-refractivity contribution in [1.82, 2.24) is 15.0 Å². The summed E-state index contributed by atoms with van der Waals surface area (Å²) in [6, 6.07) is 41.4. The molecule has 0 bridgehead atoms. The van der Waals surface area contributed by atoms with E-state index in [1.165, 1.54) is 20.2 Å². The number of aromatic nitrogens is 3. The second kappa shape index (κ2) is 9.46. The van der Waals surface area contributed by atoms with Crippen molar-refractivity contribution in [3.8, 4) is 34.2 Å². The first kappa shape index (κ1) is 24.5. The third kappa shape index (κ3) is 3.93. The normalized spacial score (nSPS) is 11.8. The Morgan fingerprint density at radius 2 is 1.19 bits per heavy atom. The molecule has 0 saturated carbocycles. The molecule has 0 fully saturated rings. The van der Waals surface area contributed by atoms with Gasteiger partial charge in [-0.05, 0) is 41.1 Å². The van der Waals surface area contributed by atoms with Gasteiger partial charge in [0.2, 0.25) is 0 Å². The van der Waals surface area contributed by atoms with Crippen LogP contribution in [0.5, 0.6) is 0 Å². The van der Waals surface area contributed by atoms with Crippen LogP contribution in [-0.2, 0) is 0 Å². The van der Waals surface area contributed by atoms with Gasteiger partial charge in [-0.2, -0.15) is 0 Å². The van der Waals surface area contributed by atoms with Crippen LogP contribution in [0.4, 0.5) is 0 Å². The second-order valence-corrected chi connectivity index (χ2v) is 12.1. The van der Waals surface area contributed by atoms with Crippen molar-refractivity contribution in [3.63, 3.8) is 0 Å². The van der Waals surface area contributed by atoms with Crippen molar-refractivity contribution in [1.29, 1.82) is 0 Å². The van der Waals surface area contributed by atoms with E-state index in [-0.39, 0.29) is 0 Å². The maximum absolute atomic E-state index is 6.50. The minimum Gasteiger partial charge on any atom is -0.454 e. The highest BCUT2D eigenvalue weighted by Gasteiger charge is 2.17. The molecule has 0 aliphatic rings. The summed E-state index contributed by atoms with van der Waals surface area (Å²) in [6.07, 6.45) is 0. The van der Waals surface area contributed by atoms with Crippen LogP contribution in [0.15, 0.2) is 126 Å². The zero-order chi connectivity index (χ0) is 28.5. The van der Waals surface area contributed by atoms with Gasteiger partial charge in [-0.15, -0.1) is 11.3 Å². The van der Waals surface area contributed by atoms with Crippen LogP contribution < -0.4 is 0 Å². The summed E-state index contributed by atoms with van der Waals surface area (Å²) in [5.74, 6) is 1.89. The van der Waals surface area contributed by atoms with Gasteiger partial charge in [0.05, 0.1) is 5.02 Å². The highest BCUT2D eigenvalue weighted by molar-refractivity contribution is 7.25. The third-order valence-electron chi connectivity index (χ3n) is 7.99. The van der Waals surface area contributed by atoms with E-state index in [1.54, 1.807) is 11.3 Å². The Hall–Kier alpha value is -5.10. The summed E-state index contributed by atoms with van der Waals surface area (Å²) in [4.78, 5) is 15.0. The SMILES string of the molecule is Clc1cccc2c1oc1ccc3ccc(-c4nc(-c5ccccc5)nc(-c5ccc6c(c5)sc5ccccc56)n4)cc3c12. The molecular formula is C37H20ClN3OS. The average Bonchev–Trinajstić information content (AvgIpc) is 3.64. The number of thiophene rings is 1. The number of benzene rings is 6. The van der Waals surface area contributed by atoms with E-state index in [1.807, 2.05) is 48.5 Å². The monoisotopic (exact) mass is 589 g/mol. The number of hydrogen-bond donors (Lipinski definition) is 0. The molecule has 0 N–H and O–H groups in total. The number of para-hydroxylation sites is 1. The van der Waals surface area contributed by atoms with E-state index >= 15 is 0 Å². The largest absolute Gasteiger partial charge is 0.454 e. The molecule has 43 heavy (non-hydrogen) atoms. The van der Waals surface area contributed by atoms with Gasteiger partial charge in [0.1, 0.15) is 5.58 Å². The fraction of sp³-hybridized carbons (Fsp3) is 0. The van der Waals surface area contributed by atoms with Crippen molar-refractivity contribution >= 4 is 75.8 Å². The molecule has 0 amide bonds. The lowest BCUT2D eigenvalue weighted by Gasteiger charge is -2.09. The summed E-state index contributed by atoms with van der Waals surface area (Å²) < 4.78 is 8.65. The molecule has 0 unspecified atom stereocenters. The van der Waals surface area contributed by atoms with E-state index in [9.17, 15) is 0 Å². The lowest BCUT2D eigenvalue weighted by Crippen LogP contribution is -2.00. The van der Waals surface area contributed by atoms with Crippen LogP contribution >= 0.6 is 22.9 Å². The van der Waals surface area contributed by atoms with E-state index in [2.05, 4.69) is 72.8 Å². The van der Waals surface area contributed by atoms with Crippen molar-refractivity contribution < 1.29 is 4.42 Å². The molecule has 6 aromatic carbocycles. The summed E-state index contributed by atoms with van der Waals surface area (Å²) in [6.45, 7) is 0. The van der Waals surface area contributed by atoms with Gasteiger partial charge in [0.25, 0.3) is 0 Å². The van der Waals surface area contributed by atoms with E-state index in [4.69, 9.17) is 31.0 Å². The minimum atomic E-state index is 0.600. The number of halogens is 1. The lowest BCUT2D eigenvalue weighted by molar-refractivity contribution is 0.669. The van der Waals surface area contributed by atoms with Gasteiger partial charge in [0, 0.05) is 47.6 Å². The van der Waals surface area contributed by atoms with Crippen molar-refractivity contribution in [3.05, 3.63) is 126 Å². The number of hydrogen-bond acceptors (Lipinski definition) is 5. The van der Waals surface area contributed by atoms with Gasteiger partial charge in [-0.3, -0.25) is 0 Å². The van der Waals surface area contributed by atoms with Crippen molar-refractivity contribution in [2.24, 2.45) is 0 Å². The van der Waals surface area contributed by atoms with E-state index in [0.717, 1.165) is 43.8 Å². The Kier molecular flexibility index (Phi) is 5.39. The van der Waals surface area contributed by atoms with Gasteiger partial charge in [-0.1, -0.05) is 103 Å². The molecule has 9 rings (SSSR count). The molecule has 202 valence electrons. The van der Waals surface area contributed by atoms with Gasteiger partial charge < -0.3 is 4.42 Å². The molecule has 6 heteroatoms.